The maximum atomic E-state index is 13.1. The normalized spacial score (nSPS) is 22.0. The smallest absolute Gasteiger partial charge is 0.319 e. The maximum absolute atomic E-state index is 13.1. The second kappa shape index (κ2) is 4.92. The fraction of sp³-hybridized carbons (Fsp3) is 0.211. The highest BCUT2D eigenvalue weighted by atomic mass is 16.2. The number of aryl methyl sites for hydroxylation is 1. The molecule has 2 aromatic heterocycles. The molecule has 3 amide bonds. The number of amides is 3. The van der Waals surface area contributed by atoms with Crippen molar-refractivity contribution in [3.8, 4) is 0 Å². The van der Waals surface area contributed by atoms with Gasteiger partial charge in [0.1, 0.15) is 11.2 Å². The number of pyridine rings is 1. The van der Waals surface area contributed by atoms with Gasteiger partial charge in [-0.3, -0.25) is 9.69 Å². The van der Waals surface area contributed by atoms with Crippen LogP contribution in [0, 0.1) is 0 Å². The summed E-state index contributed by atoms with van der Waals surface area (Å²) < 4.78 is 1.88. The predicted octanol–water partition coefficient (Wildman–Crippen LogP) is 2.23. The molecule has 1 aliphatic carbocycles. The van der Waals surface area contributed by atoms with Gasteiger partial charge < -0.3 is 9.72 Å². The summed E-state index contributed by atoms with van der Waals surface area (Å²) in [5, 5.41) is 2.94. The third-order valence-electron chi connectivity index (χ3n) is 5.16. The summed E-state index contributed by atoms with van der Waals surface area (Å²) in [6, 6.07) is 13.2. The van der Waals surface area contributed by atoms with Gasteiger partial charge in [-0.1, -0.05) is 30.3 Å². The lowest BCUT2D eigenvalue weighted by atomic mass is 9.92. The van der Waals surface area contributed by atoms with Crippen LogP contribution in [-0.4, -0.2) is 26.2 Å². The predicted molar refractivity (Wildman–Crippen MR) is 90.7 cm³/mol. The summed E-state index contributed by atoms with van der Waals surface area (Å²) in [6.45, 7) is 0.177. The topological polar surface area (TPSA) is 66.7 Å². The largest absolute Gasteiger partial charge is 0.325 e. The van der Waals surface area contributed by atoms with Gasteiger partial charge in [0, 0.05) is 12.4 Å². The SMILES string of the molecule is O=C1N[C@]2(CCc3ccccc32)C(=O)N1Cc1cn2ccccc2n1. The van der Waals surface area contributed by atoms with E-state index < -0.39 is 5.54 Å². The number of rotatable bonds is 2. The fourth-order valence-electron chi connectivity index (χ4n) is 3.96. The Bertz CT molecular complexity index is 992. The first-order valence-electron chi connectivity index (χ1n) is 8.32. The van der Waals surface area contributed by atoms with E-state index in [4.69, 9.17) is 0 Å². The van der Waals surface area contributed by atoms with E-state index >= 15 is 0 Å². The van der Waals surface area contributed by atoms with Gasteiger partial charge in [0.05, 0.1) is 12.2 Å². The van der Waals surface area contributed by atoms with Crippen molar-refractivity contribution in [3.63, 3.8) is 0 Å². The lowest BCUT2D eigenvalue weighted by Gasteiger charge is -2.22. The Labute approximate surface area is 144 Å². The highest BCUT2D eigenvalue weighted by Crippen LogP contribution is 2.41. The zero-order valence-electron chi connectivity index (χ0n) is 13.5. The van der Waals surface area contributed by atoms with Crippen LogP contribution in [0.15, 0.2) is 54.9 Å². The number of benzene rings is 1. The van der Waals surface area contributed by atoms with Crippen molar-refractivity contribution in [2.45, 2.75) is 24.9 Å². The average Bonchev–Trinajstić information content (AvgIpc) is 3.27. The van der Waals surface area contributed by atoms with Crippen molar-refractivity contribution >= 4 is 17.6 Å². The van der Waals surface area contributed by atoms with E-state index in [1.807, 2.05) is 59.3 Å². The van der Waals surface area contributed by atoms with Crippen LogP contribution in [0.5, 0.6) is 0 Å². The van der Waals surface area contributed by atoms with E-state index in [2.05, 4.69) is 10.3 Å². The number of aromatic nitrogens is 2. The standard InChI is InChI=1S/C19H16N4O2/c24-17-19(9-8-13-5-1-2-6-15(13)19)21-18(25)23(17)12-14-11-22-10-4-3-7-16(22)20-14/h1-7,10-11H,8-9,12H2,(H,21,25)/t19-/m0/s1. The molecule has 5 rings (SSSR count). The number of imide groups is 1. The van der Waals surface area contributed by atoms with Gasteiger partial charge in [-0.05, 0) is 36.1 Å². The molecule has 6 heteroatoms. The van der Waals surface area contributed by atoms with Gasteiger partial charge in [0.25, 0.3) is 5.91 Å². The Morgan fingerprint density at radius 1 is 1.12 bits per heavy atom. The molecule has 0 saturated carbocycles. The molecule has 25 heavy (non-hydrogen) atoms. The lowest BCUT2D eigenvalue weighted by molar-refractivity contribution is -0.132. The number of nitrogens with one attached hydrogen (secondary N) is 1. The zero-order valence-corrected chi connectivity index (χ0v) is 13.5. The summed E-state index contributed by atoms with van der Waals surface area (Å²) in [4.78, 5) is 31.4. The molecule has 1 spiro atoms. The molecule has 1 aromatic carbocycles. The molecule has 6 nitrogen and oxygen atoms in total. The molecule has 124 valence electrons. The Morgan fingerprint density at radius 2 is 1.96 bits per heavy atom. The Kier molecular flexibility index (Phi) is 2.80. The van der Waals surface area contributed by atoms with Crippen LogP contribution in [-0.2, 0) is 23.3 Å². The summed E-state index contributed by atoms with van der Waals surface area (Å²) in [5.74, 6) is -0.181. The molecule has 0 radical (unpaired) electrons. The molecule has 2 aliphatic rings. The number of carbonyl (C=O) groups excluding carboxylic acids is 2. The minimum absolute atomic E-state index is 0.177. The molecule has 1 aliphatic heterocycles. The van der Waals surface area contributed by atoms with E-state index in [1.54, 1.807) is 0 Å². The van der Waals surface area contributed by atoms with Gasteiger partial charge in [-0.25, -0.2) is 9.78 Å². The highest BCUT2D eigenvalue weighted by molar-refractivity contribution is 6.08. The molecule has 3 heterocycles. The summed E-state index contributed by atoms with van der Waals surface area (Å²) >= 11 is 0. The molecule has 1 fully saturated rings. The second-order valence-corrected chi connectivity index (χ2v) is 6.58. The van der Waals surface area contributed by atoms with E-state index in [0.29, 0.717) is 12.1 Å². The first-order chi connectivity index (χ1) is 12.2. The number of hydrogen-bond acceptors (Lipinski definition) is 3. The average molecular weight is 332 g/mol. The molecule has 0 unspecified atom stereocenters. The minimum atomic E-state index is -0.910. The van der Waals surface area contributed by atoms with Crippen molar-refractivity contribution < 1.29 is 9.59 Å². The van der Waals surface area contributed by atoms with Crippen LogP contribution < -0.4 is 5.32 Å². The number of carbonyl (C=O) groups is 2. The van der Waals surface area contributed by atoms with Crippen LogP contribution in [0.2, 0.25) is 0 Å². The quantitative estimate of drug-likeness (QED) is 0.732. The maximum Gasteiger partial charge on any atom is 0.325 e. The van der Waals surface area contributed by atoms with Gasteiger partial charge in [-0.15, -0.1) is 0 Å². The third-order valence-corrected chi connectivity index (χ3v) is 5.16. The van der Waals surface area contributed by atoms with E-state index in [9.17, 15) is 9.59 Å². The van der Waals surface area contributed by atoms with Crippen molar-refractivity contribution in [3.05, 3.63) is 71.7 Å². The van der Waals surface area contributed by atoms with Crippen LogP contribution in [0.3, 0.4) is 0 Å². The number of hydrogen-bond donors (Lipinski definition) is 1. The van der Waals surface area contributed by atoms with Gasteiger partial charge in [0.2, 0.25) is 0 Å². The number of nitrogens with zero attached hydrogens (tertiary/aromatic N) is 3. The molecule has 3 aromatic rings. The Morgan fingerprint density at radius 3 is 2.84 bits per heavy atom. The number of fused-ring (bicyclic) bond motifs is 3. The summed E-state index contributed by atoms with van der Waals surface area (Å²) in [7, 11) is 0. The molecule has 0 bridgehead atoms. The number of imidazole rings is 1. The first kappa shape index (κ1) is 14.2. The van der Waals surface area contributed by atoms with E-state index in [0.717, 1.165) is 23.2 Å². The minimum Gasteiger partial charge on any atom is -0.319 e. The molecule has 1 N–H and O–H groups in total. The van der Waals surface area contributed by atoms with Gasteiger partial charge >= 0.3 is 6.03 Å². The Balaban J connectivity index is 1.49. The zero-order chi connectivity index (χ0) is 17.0. The van der Waals surface area contributed by atoms with Crippen LogP contribution in [0.25, 0.3) is 5.65 Å². The monoisotopic (exact) mass is 332 g/mol. The van der Waals surface area contributed by atoms with Crippen LogP contribution in [0.4, 0.5) is 4.79 Å². The molecule has 1 saturated heterocycles. The number of urea groups is 1. The van der Waals surface area contributed by atoms with Crippen molar-refractivity contribution in [2.24, 2.45) is 0 Å². The van der Waals surface area contributed by atoms with Crippen LogP contribution in [0.1, 0.15) is 23.2 Å². The van der Waals surface area contributed by atoms with Crippen LogP contribution >= 0.6 is 0 Å². The Hall–Kier alpha value is -3.15. The third kappa shape index (κ3) is 1.94. The van der Waals surface area contributed by atoms with Crippen molar-refractivity contribution in [1.29, 1.82) is 0 Å². The van der Waals surface area contributed by atoms with E-state index in [-0.39, 0.29) is 18.5 Å². The van der Waals surface area contributed by atoms with Crippen molar-refractivity contribution in [2.75, 3.05) is 0 Å². The highest BCUT2D eigenvalue weighted by Gasteiger charge is 2.55. The molecule has 1 atom stereocenters. The summed E-state index contributed by atoms with van der Waals surface area (Å²) in [5.41, 5.74) is 2.63. The van der Waals surface area contributed by atoms with Gasteiger partial charge in [0.15, 0.2) is 0 Å². The first-order valence-corrected chi connectivity index (χ1v) is 8.32. The summed E-state index contributed by atoms with van der Waals surface area (Å²) in [6.07, 6.45) is 5.15. The fourth-order valence-corrected chi connectivity index (χ4v) is 3.96. The second-order valence-electron chi connectivity index (χ2n) is 6.58. The van der Waals surface area contributed by atoms with Crippen molar-refractivity contribution in [1.82, 2.24) is 19.6 Å². The molecular formula is C19H16N4O2. The van der Waals surface area contributed by atoms with Gasteiger partial charge in [-0.2, -0.15) is 0 Å². The molecular weight excluding hydrogens is 316 g/mol. The van der Waals surface area contributed by atoms with E-state index in [1.165, 1.54) is 4.90 Å². The lowest BCUT2D eigenvalue weighted by Crippen LogP contribution is -2.41.